The van der Waals surface area contributed by atoms with Gasteiger partial charge in [-0.25, -0.2) is 14.6 Å². The topological polar surface area (TPSA) is 141 Å². The lowest BCUT2D eigenvalue weighted by atomic mass is 9.90. The standard InChI is InChI=1S/C33H34N6O5/c1-20-6-10-28-23(9-11-29-31(34-19-39(28)29)32(42)36-26(33(43)44)18-30(40)41)22(20)12-13-37-14-16-38(17-15-37)27-5-3-4-25-24(27)8-7-21(2)35-25/h3-8,10,18-19H,9,11-17H2,1-2H3,(H,36,42)(H,40,41)(H,43,44)/b26-18+. The van der Waals surface area contributed by atoms with Gasteiger partial charge < -0.3 is 25.0 Å². The van der Waals surface area contributed by atoms with Crippen molar-refractivity contribution in [2.45, 2.75) is 33.1 Å². The zero-order chi connectivity index (χ0) is 31.0. The van der Waals surface area contributed by atoms with Crippen LogP contribution in [-0.2, 0) is 28.9 Å². The van der Waals surface area contributed by atoms with Crippen molar-refractivity contribution in [3.63, 3.8) is 0 Å². The zero-order valence-electron chi connectivity index (χ0n) is 24.7. The molecule has 0 unspecified atom stereocenters. The van der Waals surface area contributed by atoms with Crippen molar-refractivity contribution < 1.29 is 24.6 Å². The third-order valence-electron chi connectivity index (χ3n) is 8.58. The first kappa shape index (κ1) is 29.1. The van der Waals surface area contributed by atoms with Crippen molar-refractivity contribution in [2.24, 2.45) is 0 Å². The number of benzene rings is 2. The van der Waals surface area contributed by atoms with Crippen LogP contribution in [0.15, 0.2) is 60.6 Å². The van der Waals surface area contributed by atoms with Crippen molar-refractivity contribution in [1.82, 2.24) is 24.8 Å². The average molecular weight is 595 g/mol. The second-order valence-corrected chi connectivity index (χ2v) is 11.3. The number of imidazole rings is 1. The highest BCUT2D eigenvalue weighted by Crippen LogP contribution is 2.32. The molecule has 6 rings (SSSR count). The molecule has 0 aliphatic carbocycles. The van der Waals surface area contributed by atoms with E-state index in [9.17, 15) is 19.5 Å². The van der Waals surface area contributed by atoms with E-state index in [-0.39, 0.29) is 5.69 Å². The molecule has 0 saturated carbocycles. The van der Waals surface area contributed by atoms with Gasteiger partial charge in [0.05, 0.1) is 23.0 Å². The van der Waals surface area contributed by atoms with Gasteiger partial charge in [0.1, 0.15) is 17.7 Å². The van der Waals surface area contributed by atoms with Crippen LogP contribution < -0.4 is 10.2 Å². The lowest BCUT2D eigenvalue weighted by molar-refractivity contribution is -0.135. The van der Waals surface area contributed by atoms with Crippen LogP contribution in [0, 0.1) is 13.8 Å². The van der Waals surface area contributed by atoms with E-state index in [0.29, 0.717) is 18.2 Å². The molecule has 11 heteroatoms. The van der Waals surface area contributed by atoms with Crippen LogP contribution in [-0.4, -0.2) is 80.2 Å². The Balaban J connectivity index is 1.14. The molecule has 0 atom stereocenters. The number of aryl methyl sites for hydroxylation is 2. The highest BCUT2D eigenvalue weighted by molar-refractivity contribution is 6.02. The van der Waals surface area contributed by atoms with E-state index >= 15 is 0 Å². The minimum Gasteiger partial charge on any atom is -0.478 e. The Bertz CT molecular complexity index is 1820. The Hall–Kier alpha value is -5.03. The largest absolute Gasteiger partial charge is 0.478 e. The number of nitrogens with one attached hydrogen (secondary N) is 1. The van der Waals surface area contributed by atoms with Gasteiger partial charge in [-0.2, -0.15) is 0 Å². The summed E-state index contributed by atoms with van der Waals surface area (Å²) in [5.41, 5.74) is 8.06. The molecule has 0 spiro atoms. The van der Waals surface area contributed by atoms with E-state index in [1.54, 1.807) is 6.33 Å². The molecule has 1 saturated heterocycles. The molecule has 11 nitrogen and oxygen atoms in total. The molecular weight excluding hydrogens is 560 g/mol. The van der Waals surface area contributed by atoms with Gasteiger partial charge in [0.25, 0.3) is 5.91 Å². The minimum atomic E-state index is -1.54. The van der Waals surface area contributed by atoms with E-state index < -0.39 is 23.5 Å². The van der Waals surface area contributed by atoms with Gasteiger partial charge in [-0.3, -0.25) is 14.7 Å². The second kappa shape index (κ2) is 11.9. The molecule has 226 valence electrons. The first-order chi connectivity index (χ1) is 21.2. The van der Waals surface area contributed by atoms with Crippen LogP contribution in [0.1, 0.15) is 38.6 Å². The van der Waals surface area contributed by atoms with Crippen LogP contribution in [0.25, 0.3) is 16.6 Å². The first-order valence-electron chi connectivity index (χ1n) is 14.7. The number of hydrogen-bond donors (Lipinski definition) is 3. The molecule has 44 heavy (non-hydrogen) atoms. The van der Waals surface area contributed by atoms with Gasteiger partial charge in [-0.05, 0) is 80.1 Å². The molecule has 2 aromatic heterocycles. The van der Waals surface area contributed by atoms with Crippen LogP contribution in [0.4, 0.5) is 5.69 Å². The number of carbonyl (C=O) groups is 3. The summed E-state index contributed by atoms with van der Waals surface area (Å²) in [6.07, 6.45) is 4.21. The number of amides is 1. The van der Waals surface area contributed by atoms with E-state index in [2.05, 4.69) is 63.4 Å². The fourth-order valence-electron chi connectivity index (χ4n) is 6.36. The van der Waals surface area contributed by atoms with Gasteiger partial charge in [0, 0.05) is 49.5 Å². The number of hydrogen-bond acceptors (Lipinski definition) is 7. The lowest BCUT2D eigenvalue weighted by Crippen LogP contribution is -2.47. The van der Waals surface area contributed by atoms with Crippen LogP contribution in [0.3, 0.4) is 0 Å². The molecule has 1 amide bonds. The summed E-state index contributed by atoms with van der Waals surface area (Å²) >= 11 is 0. The van der Waals surface area contributed by atoms with E-state index in [1.807, 2.05) is 17.6 Å². The monoisotopic (exact) mass is 594 g/mol. The van der Waals surface area contributed by atoms with Crippen LogP contribution in [0.5, 0.6) is 0 Å². The summed E-state index contributed by atoms with van der Waals surface area (Å²) in [6.45, 7) is 8.95. The number of piperazine rings is 1. The molecule has 2 aliphatic heterocycles. The number of carboxylic acid groups (broad SMARTS) is 2. The van der Waals surface area contributed by atoms with Crippen molar-refractivity contribution in [3.05, 3.63) is 94.3 Å². The molecule has 0 radical (unpaired) electrons. The number of aliphatic carboxylic acids is 2. The molecule has 2 aromatic carbocycles. The van der Waals surface area contributed by atoms with Gasteiger partial charge in [0.15, 0.2) is 0 Å². The predicted molar refractivity (Wildman–Crippen MR) is 165 cm³/mol. The number of carbonyl (C=O) groups excluding carboxylic acids is 1. The molecule has 2 aliphatic rings. The van der Waals surface area contributed by atoms with Crippen LogP contribution >= 0.6 is 0 Å². The fraction of sp³-hybridized carbons (Fsp3) is 0.303. The molecular formula is C33H34N6O5. The Morgan fingerprint density at radius 2 is 1.75 bits per heavy atom. The second-order valence-electron chi connectivity index (χ2n) is 11.3. The van der Waals surface area contributed by atoms with Gasteiger partial charge in [0.2, 0.25) is 0 Å². The van der Waals surface area contributed by atoms with E-state index in [1.165, 1.54) is 27.8 Å². The molecule has 4 heterocycles. The lowest BCUT2D eigenvalue weighted by Gasteiger charge is -2.37. The summed E-state index contributed by atoms with van der Waals surface area (Å²) in [4.78, 5) is 49.2. The van der Waals surface area contributed by atoms with Gasteiger partial charge in [-0.15, -0.1) is 0 Å². The number of carboxylic acids is 2. The summed E-state index contributed by atoms with van der Waals surface area (Å²) < 4.78 is 1.89. The van der Waals surface area contributed by atoms with E-state index in [4.69, 9.17) is 10.1 Å². The smallest absolute Gasteiger partial charge is 0.352 e. The maximum absolute atomic E-state index is 12.9. The average Bonchev–Trinajstić information content (AvgIpc) is 3.44. The Kier molecular flexibility index (Phi) is 7.88. The first-order valence-corrected chi connectivity index (χ1v) is 14.7. The quantitative estimate of drug-likeness (QED) is 0.262. The number of anilines is 1. The summed E-state index contributed by atoms with van der Waals surface area (Å²) in [6, 6.07) is 14.7. The SMILES string of the molecule is Cc1ccc2c(N3CCN(CCc4c(C)ccc5c4CCc4c(C(=O)N/C(=C/C(=O)O)C(=O)O)ncn4-5)CC3)cccc2n1. The number of rotatable bonds is 8. The maximum Gasteiger partial charge on any atom is 0.352 e. The van der Waals surface area contributed by atoms with Crippen molar-refractivity contribution in [2.75, 3.05) is 37.6 Å². The third-order valence-corrected chi connectivity index (χ3v) is 8.58. The molecule has 0 bridgehead atoms. The van der Waals surface area contributed by atoms with Gasteiger partial charge >= 0.3 is 11.9 Å². The Morgan fingerprint density at radius 1 is 0.955 bits per heavy atom. The predicted octanol–water partition coefficient (Wildman–Crippen LogP) is 3.28. The number of nitrogens with zero attached hydrogens (tertiary/aromatic N) is 5. The van der Waals surface area contributed by atoms with Gasteiger partial charge in [-0.1, -0.05) is 12.1 Å². The van der Waals surface area contributed by atoms with Crippen molar-refractivity contribution in [3.8, 4) is 5.69 Å². The maximum atomic E-state index is 12.9. The summed E-state index contributed by atoms with van der Waals surface area (Å²) in [5, 5.41) is 21.6. The Labute approximate surface area is 254 Å². The molecule has 1 fully saturated rings. The number of fused-ring (bicyclic) bond motifs is 4. The molecule has 3 N–H and O–H groups in total. The number of aromatic nitrogens is 3. The fourth-order valence-corrected chi connectivity index (χ4v) is 6.36. The molecule has 4 aromatic rings. The third kappa shape index (κ3) is 5.66. The minimum absolute atomic E-state index is 0.0882. The van der Waals surface area contributed by atoms with Crippen LogP contribution in [0.2, 0.25) is 0 Å². The van der Waals surface area contributed by atoms with E-state index in [0.717, 1.165) is 62.5 Å². The highest BCUT2D eigenvalue weighted by Gasteiger charge is 2.27. The normalized spacial score (nSPS) is 15.1. The summed E-state index contributed by atoms with van der Waals surface area (Å²) in [7, 11) is 0. The summed E-state index contributed by atoms with van der Waals surface area (Å²) in [5.74, 6) is -3.76. The zero-order valence-corrected chi connectivity index (χ0v) is 24.7. The number of pyridine rings is 1. The highest BCUT2D eigenvalue weighted by atomic mass is 16.4. The van der Waals surface area contributed by atoms with Crippen molar-refractivity contribution >= 4 is 34.4 Å². The Morgan fingerprint density at radius 3 is 2.50 bits per heavy atom. The van der Waals surface area contributed by atoms with Crippen molar-refractivity contribution in [1.29, 1.82) is 0 Å².